The van der Waals surface area contributed by atoms with Gasteiger partial charge in [-0.25, -0.2) is 18.1 Å². The minimum Gasteiger partial charge on any atom is -0.349 e. The summed E-state index contributed by atoms with van der Waals surface area (Å²) in [6, 6.07) is 1.62. The maximum atomic E-state index is 12.2. The molecule has 2 heterocycles. The Bertz CT molecular complexity index is 682. The fraction of sp³-hybridized carbons (Fsp3) is 0.462. The molecular formula is C13H20N4O2S2. The number of aryl methyl sites for hydroxylation is 2. The van der Waals surface area contributed by atoms with Gasteiger partial charge in [0, 0.05) is 43.3 Å². The van der Waals surface area contributed by atoms with Gasteiger partial charge < -0.3 is 10.3 Å². The van der Waals surface area contributed by atoms with Crippen LogP contribution in [0.2, 0.25) is 0 Å². The average Bonchev–Trinajstić information content (AvgIpc) is 3.04. The smallest absolute Gasteiger partial charge is 0.242 e. The zero-order valence-corrected chi connectivity index (χ0v) is 13.8. The van der Waals surface area contributed by atoms with E-state index in [4.69, 9.17) is 5.73 Å². The number of rotatable bonds is 7. The van der Waals surface area contributed by atoms with E-state index in [1.807, 2.05) is 23.8 Å². The molecule has 2 aromatic rings. The second-order valence-corrected chi connectivity index (χ2v) is 7.49. The summed E-state index contributed by atoms with van der Waals surface area (Å²) >= 11 is 1.56. The van der Waals surface area contributed by atoms with Crippen LogP contribution < -0.4 is 10.5 Å². The molecule has 6 nitrogen and oxygen atoms in total. The molecule has 0 amide bonds. The average molecular weight is 328 g/mol. The van der Waals surface area contributed by atoms with Gasteiger partial charge in [0.05, 0.1) is 15.6 Å². The number of hydrogen-bond acceptors (Lipinski definition) is 5. The number of aromatic nitrogens is 2. The van der Waals surface area contributed by atoms with E-state index >= 15 is 0 Å². The van der Waals surface area contributed by atoms with Crippen LogP contribution in [0.3, 0.4) is 0 Å². The molecule has 0 radical (unpaired) electrons. The lowest BCUT2D eigenvalue weighted by Crippen LogP contribution is -2.25. The molecule has 0 aliphatic heterocycles. The van der Waals surface area contributed by atoms with E-state index in [-0.39, 0.29) is 4.90 Å². The number of nitrogens with one attached hydrogen (secondary N) is 1. The number of thiazole rings is 1. The fourth-order valence-corrected chi connectivity index (χ4v) is 3.80. The van der Waals surface area contributed by atoms with Crippen molar-refractivity contribution in [2.75, 3.05) is 6.54 Å². The Kier molecular flexibility index (Phi) is 5.15. The normalized spacial score (nSPS) is 12.0. The molecule has 2 aromatic heterocycles. The molecule has 0 saturated carbocycles. The van der Waals surface area contributed by atoms with Gasteiger partial charge >= 0.3 is 0 Å². The van der Waals surface area contributed by atoms with E-state index in [2.05, 4.69) is 9.71 Å². The predicted octanol–water partition coefficient (Wildman–Crippen LogP) is 1.25. The molecule has 0 aliphatic rings. The summed E-state index contributed by atoms with van der Waals surface area (Å²) in [4.78, 5) is 4.57. The molecular weight excluding hydrogens is 308 g/mol. The zero-order valence-electron chi connectivity index (χ0n) is 12.2. The Morgan fingerprint density at radius 1 is 1.48 bits per heavy atom. The third kappa shape index (κ3) is 3.91. The molecule has 2 rings (SSSR count). The summed E-state index contributed by atoms with van der Waals surface area (Å²) < 4.78 is 28.9. The molecule has 0 atom stereocenters. The van der Waals surface area contributed by atoms with Crippen molar-refractivity contribution in [3.05, 3.63) is 34.0 Å². The fourth-order valence-electron chi connectivity index (χ4n) is 2.06. The maximum absolute atomic E-state index is 12.2. The summed E-state index contributed by atoms with van der Waals surface area (Å²) in [5, 5.41) is 2.93. The first-order valence-corrected chi connectivity index (χ1v) is 9.12. The second-order valence-electron chi connectivity index (χ2n) is 4.66. The Morgan fingerprint density at radius 2 is 2.24 bits per heavy atom. The van der Waals surface area contributed by atoms with Crippen LogP contribution in [0.5, 0.6) is 0 Å². The van der Waals surface area contributed by atoms with Gasteiger partial charge in [-0.1, -0.05) is 0 Å². The number of nitrogens with zero attached hydrogens (tertiary/aromatic N) is 2. The van der Waals surface area contributed by atoms with Gasteiger partial charge in [-0.2, -0.15) is 0 Å². The van der Waals surface area contributed by atoms with Gasteiger partial charge in [0.2, 0.25) is 10.0 Å². The van der Waals surface area contributed by atoms with Gasteiger partial charge in [0.15, 0.2) is 0 Å². The van der Waals surface area contributed by atoms with Gasteiger partial charge in [0.25, 0.3) is 0 Å². The molecule has 116 valence electrons. The van der Waals surface area contributed by atoms with Crippen molar-refractivity contribution in [3.8, 4) is 0 Å². The monoisotopic (exact) mass is 328 g/mol. The molecule has 0 fully saturated rings. The van der Waals surface area contributed by atoms with Crippen LogP contribution in [0.4, 0.5) is 0 Å². The lowest BCUT2D eigenvalue weighted by molar-refractivity contribution is 0.581. The molecule has 0 aromatic carbocycles. The zero-order chi connectivity index (χ0) is 15.5. The Morgan fingerprint density at radius 3 is 2.76 bits per heavy atom. The van der Waals surface area contributed by atoms with Gasteiger partial charge in [0.1, 0.15) is 0 Å². The van der Waals surface area contributed by atoms with Crippen molar-refractivity contribution in [3.63, 3.8) is 0 Å². The molecule has 0 aliphatic carbocycles. The topological polar surface area (TPSA) is 90.0 Å². The SMILES string of the molecule is CCn1cc(S(=O)(=O)NCCc2csc(C)n2)cc1CN. The Labute approximate surface area is 129 Å². The lowest BCUT2D eigenvalue weighted by Gasteiger charge is -2.03. The van der Waals surface area contributed by atoms with E-state index in [0.29, 0.717) is 26.1 Å². The van der Waals surface area contributed by atoms with Crippen molar-refractivity contribution >= 4 is 21.4 Å². The number of sulfonamides is 1. The van der Waals surface area contributed by atoms with Crippen LogP contribution in [0.15, 0.2) is 22.5 Å². The van der Waals surface area contributed by atoms with Crippen LogP contribution in [0, 0.1) is 6.92 Å². The third-order valence-corrected chi connectivity index (χ3v) is 5.41. The Balaban J connectivity index is 2.02. The third-order valence-electron chi connectivity index (χ3n) is 3.16. The van der Waals surface area contributed by atoms with Crippen molar-refractivity contribution in [1.29, 1.82) is 0 Å². The van der Waals surface area contributed by atoms with Crippen LogP contribution in [0.25, 0.3) is 0 Å². The predicted molar refractivity (Wildman–Crippen MR) is 83.7 cm³/mol. The highest BCUT2D eigenvalue weighted by Crippen LogP contribution is 2.14. The first-order chi connectivity index (χ1) is 9.96. The number of nitrogens with two attached hydrogens (primary N) is 1. The Hall–Kier alpha value is -1.22. The highest BCUT2D eigenvalue weighted by molar-refractivity contribution is 7.89. The van der Waals surface area contributed by atoms with Crippen LogP contribution in [0.1, 0.15) is 23.3 Å². The summed E-state index contributed by atoms with van der Waals surface area (Å²) in [5.41, 5.74) is 7.34. The first-order valence-electron chi connectivity index (χ1n) is 6.76. The highest BCUT2D eigenvalue weighted by Gasteiger charge is 2.17. The van der Waals surface area contributed by atoms with E-state index in [1.165, 1.54) is 0 Å². The molecule has 21 heavy (non-hydrogen) atoms. The second kappa shape index (κ2) is 6.69. The quantitative estimate of drug-likeness (QED) is 0.800. The van der Waals surface area contributed by atoms with E-state index in [1.54, 1.807) is 23.6 Å². The van der Waals surface area contributed by atoms with Gasteiger partial charge in [-0.05, 0) is 19.9 Å². The summed E-state index contributed by atoms with van der Waals surface area (Å²) in [5.74, 6) is 0. The van der Waals surface area contributed by atoms with E-state index < -0.39 is 10.0 Å². The lowest BCUT2D eigenvalue weighted by atomic mass is 10.3. The first kappa shape index (κ1) is 16.2. The van der Waals surface area contributed by atoms with Crippen LogP contribution in [-0.2, 0) is 29.5 Å². The number of hydrogen-bond donors (Lipinski definition) is 2. The molecule has 0 saturated heterocycles. The van der Waals surface area contributed by atoms with E-state index in [0.717, 1.165) is 16.4 Å². The summed E-state index contributed by atoms with van der Waals surface area (Å²) in [7, 11) is -3.50. The molecule has 0 bridgehead atoms. The van der Waals surface area contributed by atoms with Gasteiger partial charge in [-0.15, -0.1) is 11.3 Å². The van der Waals surface area contributed by atoms with Gasteiger partial charge in [-0.3, -0.25) is 0 Å². The van der Waals surface area contributed by atoms with Crippen molar-refractivity contribution in [2.45, 2.75) is 38.3 Å². The molecule has 8 heteroatoms. The summed E-state index contributed by atoms with van der Waals surface area (Å²) in [6.07, 6.45) is 2.21. The van der Waals surface area contributed by atoms with Crippen molar-refractivity contribution in [1.82, 2.24) is 14.3 Å². The molecule has 0 unspecified atom stereocenters. The standard InChI is InChI=1S/C13H20N4O2S2/c1-3-17-8-13(6-12(17)7-14)21(18,19)15-5-4-11-9-20-10(2)16-11/h6,8-9,15H,3-5,7,14H2,1-2H3. The van der Waals surface area contributed by atoms with Crippen LogP contribution in [-0.4, -0.2) is 24.5 Å². The minimum atomic E-state index is -3.50. The highest BCUT2D eigenvalue weighted by atomic mass is 32.2. The maximum Gasteiger partial charge on any atom is 0.242 e. The molecule has 0 spiro atoms. The molecule has 3 N–H and O–H groups in total. The minimum absolute atomic E-state index is 0.263. The van der Waals surface area contributed by atoms with E-state index in [9.17, 15) is 8.42 Å². The largest absolute Gasteiger partial charge is 0.349 e. The van der Waals surface area contributed by atoms with Crippen molar-refractivity contribution < 1.29 is 8.42 Å². The van der Waals surface area contributed by atoms with Crippen LogP contribution >= 0.6 is 11.3 Å². The summed E-state index contributed by atoms with van der Waals surface area (Å²) in [6.45, 7) is 5.23. The van der Waals surface area contributed by atoms with Crippen molar-refractivity contribution in [2.24, 2.45) is 5.73 Å².